The first kappa shape index (κ1) is 19.5. The molecule has 0 aliphatic carbocycles. The Hall–Kier alpha value is -1.50. The van der Waals surface area contributed by atoms with Gasteiger partial charge in [0.05, 0.1) is 11.1 Å². The number of piperidine rings is 1. The van der Waals surface area contributed by atoms with Gasteiger partial charge in [-0.1, -0.05) is 0 Å². The molecule has 2 N–H and O–H groups in total. The van der Waals surface area contributed by atoms with E-state index in [9.17, 15) is 9.18 Å². The second-order valence-corrected chi connectivity index (χ2v) is 5.43. The lowest BCUT2D eigenvalue weighted by molar-refractivity contribution is 0.0926. The standard InChI is InChI=1S/C15H17FN4O.2ClH/c1-9-6-11(2-3-17-9)20-15(21)12-7-10(16)8-13-14(12)19-5-4-18-13;;/h4-5,7-9,11,17H,2-3,6H2,1H3,(H,20,21);2*1H. The van der Waals surface area contributed by atoms with Gasteiger partial charge in [-0.2, -0.15) is 0 Å². The molecule has 8 heteroatoms. The number of nitrogens with one attached hydrogen (secondary N) is 2. The largest absolute Gasteiger partial charge is 0.349 e. The highest BCUT2D eigenvalue weighted by Gasteiger charge is 2.22. The van der Waals surface area contributed by atoms with Crippen LogP contribution >= 0.6 is 24.8 Å². The van der Waals surface area contributed by atoms with E-state index in [2.05, 4.69) is 27.5 Å². The lowest BCUT2D eigenvalue weighted by Crippen LogP contribution is -2.46. The minimum Gasteiger partial charge on any atom is -0.349 e. The van der Waals surface area contributed by atoms with Crippen LogP contribution in [0.5, 0.6) is 0 Å². The number of carbonyl (C=O) groups excluding carboxylic acids is 1. The molecule has 1 fully saturated rings. The number of hydrogen-bond donors (Lipinski definition) is 2. The molecular weight excluding hydrogens is 342 g/mol. The van der Waals surface area contributed by atoms with Gasteiger partial charge in [0.25, 0.3) is 5.91 Å². The van der Waals surface area contributed by atoms with E-state index in [-0.39, 0.29) is 42.3 Å². The van der Waals surface area contributed by atoms with Gasteiger partial charge in [0.2, 0.25) is 0 Å². The molecule has 2 atom stereocenters. The average Bonchev–Trinajstić information content (AvgIpc) is 2.46. The van der Waals surface area contributed by atoms with Crippen molar-refractivity contribution < 1.29 is 9.18 Å². The first-order valence-corrected chi connectivity index (χ1v) is 7.08. The van der Waals surface area contributed by atoms with Crippen LogP contribution in [0, 0.1) is 5.82 Å². The number of carbonyl (C=O) groups is 1. The summed E-state index contributed by atoms with van der Waals surface area (Å²) in [5.74, 6) is -0.772. The van der Waals surface area contributed by atoms with E-state index in [1.807, 2.05) is 0 Å². The lowest BCUT2D eigenvalue weighted by Gasteiger charge is -2.28. The van der Waals surface area contributed by atoms with Gasteiger partial charge in [-0.3, -0.25) is 14.8 Å². The highest BCUT2D eigenvalue weighted by molar-refractivity contribution is 6.04. The maximum atomic E-state index is 13.6. The molecule has 0 saturated carbocycles. The molecule has 3 rings (SSSR count). The second-order valence-electron chi connectivity index (χ2n) is 5.43. The van der Waals surface area contributed by atoms with Crippen molar-refractivity contribution in [2.75, 3.05) is 6.54 Å². The number of fused-ring (bicyclic) bond motifs is 1. The van der Waals surface area contributed by atoms with Crippen molar-refractivity contribution in [2.24, 2.45) is 0 Å². The Morgan fingerprint density at radius 2 is 2.04 bits per heavy atom. The van der Waals surface area contributed by atoms with Gasteiger partial charge >= 0.3 is 0 Å². The monoisotopic (exact) mass is 360 g/mol. The number of hydrogen-bond acceptors (Lipinski definition) is 4. The number of nitrogens with zero attached hydrogens (tertiary/aromatic N) is 2. The van der Waals surface area contributed by atoms with Crippen LogP contribution in [-0.2, 0) is 0 Å². The number of amides is 1. The Balaban J connectivity index is 0.00000132. The Labute approximate surface area is 146 Å². The molecule has 0 bridgehead atoms. The van der Waals surface area contributed by atoms with Crippen molar-refractivity contribution in [3.8, 4) is 0 Å². The maximum absolute atomic E-state index is 13.6. The quantitative estimate of drug-likeness (QED) is 0.863. The molecule has 1 saturated heterocycles. The zero-order chi connectivity index (χ0) is 14.8. The van der Waals surface area contributed by atoms with Crippen LogP contribution in [0.1, 0.15) is 30.1 Å². The fraction of sp³-hybridized carbons (Fsp3) is 0.400. The molecule has 1 aliphatic rings. The molecule has 2 aromatic rings. The van der Waals surface area contributed by atoms with Crippen LogP contribution in [0.25, 0.3) is 11.0 Å². The minimum atomic E-state index is -0.480. The van der Waals surface area contributed by atoms with Crippen LogP contribution in [-0.4, -0.2) is 34.5 Å². The molecule has 0 spiro atoms. The van der Waals surface area contributed by atoms with Gasteiger partial charge < -0.3 is 10.6 Å². The van der Waals surface area contributed by atoms with Crippen LogP contribution < -0.4 is 10.6 Å². The van der Waals surface area contributed by atoms with Crippen molar-refractivity contribution in [2.45, 2.75) is 31.8 Å². The van der Waals surface area contributed by atoms with Gasteiger partial charge in [0.15, 0.2) is 0 Å². The van der Waals surface area contributed by atoms with Crippen LogP contribution in [0.2, 0.25) is 0 Å². The van der Waals surface area contributed by atoms with E-state index < -0.39 is 5.82 Å². The fourth-order valence-corrected chi connectivity index (χ4v) is 2.74. The fourth-order valence-electron chi connectivity index (χ4n) is 2.74. The SMILES string of the molecule is CC1CC(NC(=O)c2cc(F)cc3nccnc23)CCN1.Cl.Cl. The molecule has 126 valence electrons. The third kappa shape index (κ3) is 4.50. The zero-order valence-corrected chi connectivity index (χ0v) is 14.2. The molecule has 1 aromatic carbocycles. The van der Waals surface area contributed by atoms with Crippen molar-refractivity contribution in [1.29, 1.82) is 0 Å². The van der Waals surface area contributed by atoms with Crippen LogP contribution in [0.15, 0.2) is 24.5 Å². The summed E-state index contributed by atoms with van der Waals surface area (Å²) >= 11 is 0. The summed E-state index contributed by atoms with van der Waals surface area (Å²) in [5.41, 5.74) is 1.06. The van der Waals surface area contributed by atoms with E-state index in [0.29, 0.717) is 17.1 Å². The summed E-state index contributed by atoms with van der Waals surface area (Å²) in [5, 5.41) is 6.30. The molecule has 5 nitrogen and oxygen atoms in total. The van der Waals surface area contributed by atoms with Gasteiger partial charge in [-0.15, -0.1) is 24.8 Å². The second kappa shape index (κ2) is 8.38. The molecule has 1 amide bonds. The van der Waals surface area contributed by atoms with Gasteiger partial charge in [-0.05, 0) is 32.4 Å². The lowest BCUT2D eigenvalue weighted by atomic mass is 10.00. The summed E-state index contributed by atoms with van der Waals surface area (Å²) in [7, 11) is 0. The van der Waals surface area contributed by atoms with Crippen molar-refractivity contribution in [3.05, 3.63) is 35.9 Å². The van der Waals surface area contributed by atoms with E-state index in [4.69, 9.17) is 0 Å². The smallest absolute Gasteiger partial charge is 0.253 e. The minimum absolute atomic E-state index is 0. The number of halogens is 3. The molecule has 23 heavy (non-hydrogen) atoms. The average molecular weight is 361 g/mol. The zero-order valence-electron chi connectivity index (χ0n) is 12.6. The van der Waals surface area contributed by atoms with Crippen LogP contribution in [0.4, 0.5) is 4.39 Å². The molecule has 1 aliphatic heterocycles. The molecule has 0 radical (unpaired) electrons. The van der Waals surface area contributed by atoms with E-state index in [1.165, 1.54) is 24.5 Å². The Kier molecular flexibility index (Phi) is 7.12. The first-order valence-electron chi connectivity index (χ1n) is 7.08. The molecule has 1 aromatic heterocycles. The van der Waals surface area contributed by atoms with E-state index >= 15 is 0 Å². The first-order chi connectivity index (χ1) is 10.1. The number of benzene rings is 1. The number of rotatable bonds is 2. The number of aromatic nitrogens is 2. The van der Waals surface area contributed by atoms with Crippen LogP contribution in [0.3, 0.4) is 0 Å². The Morgan fingerprint density at radius 1 is 1.30 bits per heavy atom. The van der Waals surface area contributed by atoms with Gasteiger partial charge in [0, 0.05) is 30.5 Å². The van der Waals surface area contributed by atoms with Crippen molar-refractivity contribution >= 4 is 41.8 Å². The molecular formula is C15H19Cl2FN4O. The summed E-state index contributed by atoms with van der Waals surface area (Å²) in [6.07, 6.45) is 4.72. The van der Waals surface area contributed by atoms with Crippen molar-refractivity contribution in [1.82, 2.24) is 20.6 Å². The third-order valence-corrected chi connectivity index (χ3v) is 3.74. The van der Waals surface area contributed by atoms with E-state index in [0.717, 1.165) is 19.4 Å². The van der Waals surface area contributed by atoms with Gasteiger partial charge in [-0.25, -0.2) is 4.39 Å². The predicted molar refractivity (Wildman–Crippen MR) is 91.9 cm³/mol. The highest BCUT2D eigenvalue weighted by atomic mass is 35.5. The molecule has 2 unspecified atom stereocenters. The summed E-state index contributed by atoms with van der Waals surface area (Å²) in [6.45, 7) is 2.96. The summed E-state index contributed by atoms with van der Waals surface area (Å²) < 4.78 is 13.6. The van der Waals surface area contributed by atoms with Gasteiger partial charge in [0.1, 0.15) is 11.3 Å². The Bertz CT molecular complexity index is 686. The highest BCUT2D eigenvalue weighted by Crippen LogP contribution is 2.17. The Morgan fingerprint density at radius 3 is 2.78 bits per heavy atom. The topological polar surface area (TPSA) is 66.9 Å². The normalized spacial score (nSPS) is 20.3. The van der Waals surface area contributed by atoms with Crippen molar-refractivity contribution in [3.63, 3.8) is 0 Å². The summed E-state index contributed by atoms with van der Waals surface area (Å²) in [6, 6.07) is 2.97. The summed E-state index contributed by atoms with van der Waals surface area (Å²) in [4.78, 5) is 20.6. The molecule has 2 heterocycles. The maximum Gasteiger partial charge on any atom is 0.253 e. The third-order valence-electron chi connectivity index (χ3n) is 3.74. The van der Waals surface area contributed by atoms with E-state index in [1.54, 1.807) is 0 Å². The predicted octanol–water partition coefficient (Wildman–Crippen LogP) is 2.48.